The highest BCUT2D eigenvalue weighted by molar-refractivity contribution is 5.94. The van der Waals surface area contributed by atoms with Crippen LogP contribution < -0.4 is 24.3 Å². The predicted octanol–water partition coefficient (Wildman–Crippen LogP) is 2.50. The van der Waals surface area contributed by atoms with Gasteiger partial charge in [0.1, 0.15) is 17.1 Å². The zero-order valence-corrected chi connectivity index (χ0v) is 17.2. The van der Waals surface area contributed by atoms with Gasteiger partial charge in [-0.2, -0.15) is 0 Å². The molecule has 8 heteroatoms. The smallest absolute Gasteiger partial charge is 0.342 e. The molecule has 0 radical (unpaired) electrons. The van der Waals surface area contributed by atoms with Crippen LogP contribution >= 0.6 is 0 Å². The van der Waals surface area contributed by atoms with E-state index in [0.717, 1.165) is 5.56 Å². The van der Waals surface area contributed by atoms with Crippen LogP contribution in [-0.2, 0) is 16.1 Å². The molecular weight excluding hydrogens is 378 g/mol. The van der Waals surface area contributed by atoms with Gasteiger partial charge in [-0.1, -0.05) is 11.6 Å². The van der Waals surface area contributed by atoms with Gasteiger partial charge in [0.2, 0.25) is 0 Å². The Bertz CT molecular complexity index is 880. The van der Waals surface area contributed by atoms with Crippen molar-refractivity contribution in [3.63, 3.8) is 0 Å². The van der Waals surface area contributed by atoms with E-state index in [1.165, 1.54) is 28.4 Å². The Kier molecular flexibility index (Phi) is 7.70. The highest BCUT2D eigenvalue weighted by Gasteiger charge is 2.17. The number of hydrogen-bond donors (Lipinski definition) is 1. The lowest BCUT2D eigenvalue weighted by Crippen LogP contribution is -2.28. The van der Waals surface area contributed by atoms with Gasteiger partial charge in [0.05, 0.1) is 28.4 Å². The Morgan fingerprint density at radius 1 is 0.828 bits per heavy atom. The minimum absolute atomic E-state index is 0.160. The molecule has 1 amide bonds. The van der Waals surface area contributed by atoms with Crippen LogP contribution in [0.1, 0.15) is 21.5 Å². The summed E-state index contributed by atoms with van der Waals surface area (Å²) in [5.74, 6) is 0.850. The number of carbonyl (C=O) groups excluding carboxylic acids is 2. The van der Waals surface area contributed by atoms with Crippen molar-refractivity contribution in [2.45, 2.75) is 13.5 Å². The molecule has 0 spiro atoms. The minimum atomic E-state index is -0.635. The predicted molar refractivity (Wildman–Crippen MR) is 106 cm³/mol. The van der Waals surface area contributed by atoms with E-state index in [1.54, 1.807) is 24.3 Å². The van der Waals surface area contributed by atoms with Gasteiger partial charge >= 0.3 is 5.97 Å². The van der Waals surface area contributed by atoms with Crippen molar-refractivity contribution >= 4 is 11.9 Å². The molecule has 0 heterocycles. The van der Waals surface area contributed by atoms with Crippen molar-refractivity contribution in [1.82, 2.24) is 5.32 Å². The third-order valence-electron chi connectivity index (χ3n) is 4.17. The van der Waals surface area contributed by atoms with Crippen LogP contribution in [0, 0.1) is 6.92 Å². The lowest BCUT2D eigenvalue weighted by atomic mass is 10.1. The maximum Gasteiger partial charge on any atom is 0.342 e. The largest absolute Gasteiger partial charge is 0.496 e. The first-order valence-electron chi connectivity index (χ1n) is 8.80. The topological polar surface area (TPSA) is 92.3 Å². The zero-order valence-electron chi connectivity index (χ0n) is 17.2. The maximum absolute atomic E-state index is 12.3. The summed E-state index contributed by atoms with van der Waals surface area (Å²) in [7, 11) is 6.02. The lowest BCUT2D eigenvalue weighted by molar-refractivity contribution is -0.124. The zero-order chi connectivity index (χ0) is 21.4. The van der Waals surface area contributed by atoms with Gasteiger partial charge in [0, 0.05) is 18.2 Å². The molecule has 0 aliphatic carbocycles. The van der Waals surface area contributed by atoms with Crippen LogP contribution in [0.25, 0.3) is 0 Å². The van der Waals surface area contributed by atoms with Gasteiger partial charge in [0.15, 0.2) is 18.1 Å². The minimum Gasteiger partial charge on any atom is -0.496 e. The van der Waals surface area contributed by atoms with Gasteiger partial charge < -0.3 is 29.0 Å². The molecule has 0 fully saturated rings. The van der Waals surface area contributed by atoms with E-state index >= 15 is 0 Å². The normalized spacial score (nSPS) is 10.1. The molecule has 29 heavy (non-hydrogen) atoms. The number of aryl methyl sites for hydroxylation is 1. The highest BCUT2D eigenvalue weighted by Crippen LogP contribution is 2.34. The first-order valence-corrected chi connectivity index (χ1v) is 8.80. The summed E-state index contributed by atoms with van der Waals surface area (Å²) in [6.45, 7) is 1.58. The Hall–Kier alpha value is -3.42. The fourth-order valence-corrected chi connectivity index (χ4v) is 2.67. The Balaban J connectivity index is 1.98. The van der Waals surface area contributed by atoms with E-state index in [0.29, 0.717) is 28.6 Å². The summed E-state index contributed by atoms with van der Waals surface area (Å²) < 4.78 is 26.1. The van der Waals surface area contributed by atoms with Crippen molar-refractivity contribution in [2.75, 3.05) is 35.0 Å². The number of methoxy groups -OCH3 is 4. The number of rotatable bonds is 9. The maximum atomic E-state index is 12.3. The number of amides is 1. The lowest BCUT2D eigenvalue weighted by Gasteiger charge is -2.14. The second kappa shape index (κ2) is 10.2. The first kappa shape index (κ1) is 21.9. The molecule has 0 saturated carbocycles. The second-order valence-corrected chi connectivity index (χ2v) is 6.08. The fraction of sp³-hybridized carbons (Fsp3) is 0.333. The van der Waals surface area contributed by atoms with E-state index in [2.05, 4.69) is 5.32 Å². The molecule has 8 nitrogen and oxygen atoms in total. The van der Waals surface area contributed by atoms with Crippen LogP contribution in [0.2, 0.25) is 0 Å². The van der Waals surface area contributed by atoms with Crippen LogP contribution in [0.5, 0.6) is 23.0 Å². The van der Waals surface area contributed by atoms with Gasteiger partial charge in [-0.05, 0) is 25.1 Å². The average Bonchev–Trinajstić information content (AvgIpc) is 2.75. The average molecular weight is 403 g/mol. The van der Waals surface area contributed by atoms with Crippen LogP contribution in [-0.4, -0.2) is 46.9 Å². The van der Waals surface area contributed by atoms with Crippen LogP contribution in [0.4, 0.5) is 0 Å². The Morgan fingerprint density at radius 2 is 1.45 bits per heavy atom. The third kappa shape index (κ3) is 5.54. The van der Waals surface area contributed by atoms with E-state index in [4.69, 9.17) is 23.7 Å². The standard InChI is InChI=1S/C21H25NO7/c1-13-6-7-16(25-2)15(8-13)21(24)29-12-20(23)22-11-14-9-18(27-4)19(28-5)10-17(14)26-3/h6-10H,11-12H2,1-5H3,(H,22,23). The third-order valence-corrected chi connectivity index (χ3v) is 4.17. The van der Waals surface area contributed by atoms with E-state index in [1.807, 2.05) is 13.0 Å². The summed E-state index contributed by atoms with van der Waals surface area (Å²) >= 11 is 0. The molecule has 2 aromatic rings. The molecule has 1 N–H and O–H groups in total. The summed E-state index contributed by atoms with van der Waals surface area (Å²) in [4.78, 5) is 24.4. The van der Waals surface area contributed by atoms with Crippen molar-refractivity contribution < 1.29 is 33.3 Å². The molecule has 2 rings (SSSR count). The quantitative estimate of drug-likeness (QED) is 0.643. The number of esters is 1. The molecule has 0 unspecified atom stereocenters. The van der Waals surface area contributed by atoms with Crippen molar-refractivity contribution in [1.29, 1.82) is 0 Å². The molecule has 156 valence electrons. The molecule has 0 saturated heterocycles. The number of nitrogens with one attached hydrogen (secondary N) is 1. The SMILES string of the molecule is COc1cc(OC)c(OC)cc1CNC(=O)COC(=O)c1cc(C)ccc1OC. The number of hydrogen-bond acceptors (Lipinski definition) is 7. The van der Waals surface area contributed by atoms with Crippen molar-refractivity contribution in [3.8, 4) is 23.0 Å². The van der Waals surface area contributed by atoms with Gasteiger partial charge in [-0.15, -0.1) is 0 Å². The molecule has 0 aromatic heterocycles. The van der Waals surface area contributed by atoms with E-state index in [-0.39, 0.29) is 12.1 Å². The van der Waals surface area contributed by atoms with Gasteiger partial charge in [-0.3, -0.25) is 4.79 Å². The number of benzene rings is 2. The second-order valence-electron chi connectivity index (χ2n) is 6.08. The molecule has 0 aliphatic heterocycles. The summed E-state index contributed by atoms with van der Waals surface area (Å²) in [5, 5.41) is 2.69. The fourth-order valence-electron chi connectivity index (χ4n) is 2.67. The molecule has 2 aromatic carbocycles. The van der Waals surface area contributed by atoms with Crippen molar-refractivity contribution in [2.24, 2.45) is 0 Å². The highest BCUT2D eigenvalue weighted by atomic mass is 16.5. The van der Waals surface area contributed by atoms with E-state index in [9.17, 15) is 9.59 Å². The Labute approximate surface area is 169 Å². The van der Waals surface area contributed by atoms with Crippen molar-refractivity contribution in [3.05, 3.63) is 47.0 Å². The molecular formula is C21H25NO7. The van der Waals surface area contributed by atoms with Crippen LogP contribution in [0.15, 0.2) is 30.3 Å². The summed E-state index contributed by atoms with van der Waals surface area (Å²) in [5.41, 5.74) is 1.83. The number of ether oxygens (including phenoxy) is 5. The summed E-state index contributed by atoms with van der Waals surface area (Å²) in [6, 6.07) is 8.52. The van der Waals surface area contributed by atoms with Crippen LogP contribution in [0.3, 0.4) is 0 Å². The molecule has 0 bridgehead atoms. The monoisotopic (exact) mass is 403 g/mol. The Morgan fingerprint density at radius 3 is 2.07 bits per heavy atom. The molecule has 0 atom stereocenters. The van der Waals surface area contributed by atoms with E-state index < -0.39 is 18.5 Å². The van der Waals surface area contributed by atoms with Gasteiger partial charge in [0.25, 0.3) is 5.91 Å². The number of carbonyl (C=O) groups is 2. The summed E-state index contributed by atoms with van der Waals surface area (Å²) in [6.07, 6.45) is 0. The molecule has 0 aliphatic rings. The van der Waals surface area contributed by atoms with Gasteiger partial charge in [-0.25, -0.2) is 4.79 Å². The first-order chi connectivity index (χ1) is 13.9.